The Kier molecular flexibility index (Phi) is 4.45. The average Bonchev–Trinajstić information content (AvgIpc) is 2.29. The van der Waals surface area contributed by atoms with Crippen LogP contribution in [0.15, 0.2) is 0 Å². The molecule has 1 aliphatic heterocycles. The third-order valence-electron chi connectivity index (χ3n) is 4.57. The van der Waals surface area contributed by atoms with Gasteiger partial charge in [0.2, 0.25) is 0 Å². The monoisotopic (exact) mass is 240 g/mol. The van der Waals surface area contributed by atoms with Crippen LogP contribution in [0.3, 0.4) is 0 Å². The van der Waals surface area contributed by atoms with Crippen LogP contribution in [0.5, 0.6) is 0 Å². The van der Waals surface area contributed by atoms with Crippen LogP contribution in [-0.2, 0) is 4.74 Å². The Morgan fingerprint density at radius 1 is 1.29 bits per heavy atom. The van der Waals surface area contributed by atoms with Crippen molar-refractivity contribution in [2.24, 2.45) is 17.6 Å². The van der Waals surface area contributed by atoms with Crippen molar-refractivity contribution in [1.82, 2.24) is 4.90 Å². The lowest BCUT2D eigenvalue weighted by molar-refractivity contribution is -0.0658. The van der Waals surface area contributed by atoms with Crippen LogP contribution in [0.1, 0.15) is 40.0 Å². The molecule has 2 N–H and O–H groups in total. The van der Waals surface area contributed by atoms with E-state index in [9.17, 15) is 0 Å². The Bertz CT molecular complexity index is 244. The zero-order chi connectivity index (χ0) is 12.4. The second-order valence-electron chi connectivity index (χ2n) is 6.23. The van der Waals surface area contributed by atoms with E-state index in [0.717, 1.165) is 37.6 Å². The van der Waals surface area contributed by atoms with Crippen molar-refractivity contribution >= 4 is 0 Å². The first-order valence-electron chi connectivity index (χ1n) is 7.19. The van der Waals surface area contributed by atoms with Gasteiger partial charge in [-0.2, -0.15) is 0 Å². The van der Waals surface area contributed by atoms with Gasteiger partial charge in [-0.1, -0.05) is 13.8 Å². The van der Waals surface area contributed by atoms with Crippen LogP contribution in [0.2, 0.25) is 0 Å². The minimum atomic E-state index is 0.149. The molecular formula is C14H28N2O. The van der Waals surface area contributed by atoms with Crippen LogP contribution < -0.4 is 5.73 Å². The van der Waals surface area contributed by atoms with Crippen LogP contribution >= 0.6 is 0 Å². The van der Waals surface area contributed by atoms with E-state index in [-0.39, 0.29) is 12.1 Å². The summed E-state index contributed by atoms with van der Waals surface area (Å²) in [6.45, 7) is 9.83. The van der Waals surface area contributed by atoms with Gasteiger partial charge >= 0.3 is 0 Å². The highest BCUT2D eigenvalue weighted by Crippen LogP contribution is 2.32. The number of rotatable bonds is 2. The highest BCUT2D eigenvalue weighted by atomic mass is 16.5. The van der Waals surface area contributed by atoms with Gasteiger partial charge in [0.05, 0.1) is 12.7 Å². The smallest absolute Gasteiger partial charge is 0.0850 e. The summed E-state index contributed by atoms with van der Waals surface area (Å²) >= 11 is 0. The van der Waals surface area contributed by atoms with Crippen molar-refractivity contribution in [3.8, 4) is 0 Å². The Morgan fingerprint density at radius 3 is 2.71 bits per heavy atom. The minimum Gasteiger partial charge on any atom is -0.374 e. The summed E-state index contributed by atoms with van der Waals surface area (Å²) < 4.78 is 5.75. The lowest BCUT2D eigenvalue weighted by atomic mass is 9.79. The predicted octanol–water partition coefficient (Wildman–Crippen LogP) is 1.86. The summed E-state index contributed by atoms with van der Waals surface area (Å²) in [7, 11) is 0. The van der Waals surface area contributed by atoms with E-state index in [1.165, 1.54) is 19.3 Å². The first-order valence-corrected chi connectivity index (χ1v) is 7.19. The van der Waals surface area contributed by atoms with E-state index >= 15 is 0 Å². The molecule has 5 atom stereocenters. The molecule has 3 nitrogen and oxygen atoms in total. The van der Waals surface area contributed by atoms with Crippen LogP contribution in [0.25, 0.3) is 0 Å². The molecule has 0 bridgehead atoms. The molecule has 2 rings (SSSR count). The van der Waals surface area contributed by atoms with E-state index in [0.29, 0.717) is 0 Å². The Morgan fingerprint density at radius 2 is 2.06 bits per heavy atom. The Balaban J connectivity index is 1.92. The molecule has 0 aromatic heterocycles. The van der Waals surface area contributed by atoms with Gasteiger partial charge in [0.25, 0.3) is 0 Å². The van der Waals surface area contributed by atoms with Crippen molar-refractivity contribution in [1.29, 1.82) is 0 Å². The molecule has 1 saturated heterocycles. The molecule has 5 unspecified atom stereocenters. The predicted molar refractivity (Wildman–Crippen MR) is 70.9 cm³/mol. The van der Waals surface area contributed by atoms with E-state index in [1.807, 2.05) is 0 Å². The molecule has 0 aromatic carbocycles. The van der Waals surface area contributed by atoms with Gasteiger partial charge in [-0.3, -0.25) is 4.90 Å². The lowest BCUT2D eigenvalue weighted by Gasteiger charge is -2.44. The van der Waals surface area contributed by atoms with E-state index in [1.54, 1.807) is 0 Å². The van der Waals surface area contributed by atoms with Gasteiger partial charge in [-0.25, -0.2) is 0 Å². The molecule has 1 aliphatic carbocycles. The molecule has 100 valence electrons. The van der Waals surface area contributed by atoms with Crippen molar-refractivity contribution in [2.75, 3.05) is 19.7 Å². The summed E-state index contributed by atoms with van der Waals surface area (Å²) in [5.74, 6) is 1.73. The number of hydrogen-bond acceptors (Lipinski definition) is 3. The molecule has 2 aliphatic rings. The molecule has 1 heterocycles. The van der Waals surface area contributed by atoms with Gasteiger partial charge < -0.3 is 10.5 Å². The molecule has 0 radical (unpaired) electrons. The summed E-state index contributed by atoms with van der Waals surface area (Å²) in [5.41, 5.74) is 5.96. The third kappa shape index (κ3) is 3.21. The van der Waals surface area contributed by atoms with Crippen molar-refractivity contribution in [2.45, 2.75) is 58.2 Å². The summed E-state index contributed by atoms with van der Waals surface area (Å²) in [5, 5.41) is 0. The Hall–Kier alpha value is -0.120. The van der Waals surface area contributed by atoms with Crippen molar-refractivity contribution in [3.63, 3.8) is 0 Å². The number of nitrogens with zero attached hydrogens (tertiary/aromatic N) is 1. The largest absolute Gasteiger partial charge is 0.374 e. The fourth-order valence-electron chi connectivity index (χ4n) is 3.51. The fraction of sp³-hybridized carbons (Fsp3) is 1.00. The third-order valence-corrected chi connectivity index (χ3v) is 4.57. The van der Waals surface area contributed by atoms with E-state index in [2.05, 4.69) is 25.7 Å². The van der Waals surface area contributed by atoms with Crippen LogP contribution in [0, 0.1) is 11.8 Å². The minimum absolute atomic E-state index is 0.149. The fourth-order valence-corrected chi connectivity index (χ4v) is 3.51. The highest BCUT2D eigenvalue weighted by molar-refractivity contribution is 4.87. The Labute approximate surface area is 106 Å². The topological polar surface area (TPSA) is 38.5 Å². The zero-order valence-corrected chi connectivity index (χ0v) is 11.6. The van der Waals surface area contributed by atoms with Gasteiger partial charge in [-0.05, 0) is 38.0 Å². The van der Waals surface area contributed by atoms with Crippen molar-refractivity contribution < 1.29 is 4.74 Å². The van der Waals surface area contributed by atoms with E-state index in [4.69, 9.17) is 10.5 Å². The van der Waals surface area contributed by atoms with Crippen molar-refractivity contribution in [3.05, 3.63) is 0 Å². The van der Waals surface area contributed by atoms with Gasteiger partial charge in [0.15, 0.2) is 0 Å². The van der Waals surface area contributed by atoms with Crippen LogP contribution in [0.4, 0.5) is 0 Å². The number of morpholine rings is 1. The molecule has 0 aromatic rings. The maximum Gasteiger partial charge on any atom is 0.0850 e. The molecular weight excluding hydrogens is 212 g/mol. The molecule has 3 heteroatoms. The van der Waals surface area contributed by atoms with E-state index < -0.39 is 0 Å². The highest BCUT2D eigenvalue weighted by Gasteiger charge is 2.33. The van der Waals surface area contributed by atoms with Gasteiger partial charge in [0.1, 0.15) is 0 Å². The van der Waals surface area contributed by atoms with Crippen LogP contribution in [-0.4, -0.2) is 42.8 Å². The average molecular weight is 240 g/mol. The number of ether oxygens (including phenoxy) is 1. The summed E-state index contributed by atoms with van der Waals surface area (Å²) in [6, 6.07) is 0.909. The second kappa shape index (κ2) is 5.68. The van der Waals surface area contributed by atoms with Gasteiger partial charge in [0, 0.05) is 25.2 Å². The zero-order valence-electron chi connectivity index (χ0n) is 11.6. The SMILES string of the molecule is CC1CCC(N2CCOC(C(C)N)C2)C(C)C1. The second-order valence-corrected chi connectivity index (χ2v) is 6.23. The summed E-state index contributed by atoms with van der Waals surface area (Å²) in [4.78, 5) is 2.63. The maximum absolute atomic E-state index is 5.96. The molecule has 2 fully saturated rings. The summed E-state index contributed by atoms with van der Waals surface area (Å²) in [6.07, 6.45) is 4.35. The number of hydrogen-bond donors (Lipinski definition) is 1. The first-order chi connectivity index (χ1) is 8.08. The molecule has 0 amide bonds. The first kappa shape index (κ1) is 13.3. The van der Waals surface area contributed by atoms with Gasteiger partial charge in [-0.15, -0.1) is 0 Å². The molecule has 0 spiro atoms. The molecule has 17 heavy (non-hydrogen) atoms. The maximum atomic E-state index is 5.96. The molecule has 1 saturated carbocycles. The standard InChI is InChI=1S/C14H28N2O/c1-10-4-5-13(11(2)8-10)16-6-7-17-14(9-16)12(3)15/h10-14H,4-9,15H2,1-3H3. The quantitative estimate of drug-likeness (QED) is 0.800. The normalized spacial score (nSPS) is 42.4. The number of nitrogens with two attached hydrogens (primary N) is 1. The lowest BCUT2D eigenvalue weighted by Crippen LogP contribution is -2.55.